The van der Waals surface area contributed by atoms with Crippen LogP contribution in [0.15, 0.2) is 29.0 Å². The Morgan fingerprint density at radius 2 is 2.17 bits per heavy atom. The summed E-state index contributed by atoms with van der Waals surface area (Å²) < 4.78 is 28.4. The predicted octanol–water partition coefficient (Wildman–Crippen LogP) is 2.01. The van der Waals surface area contributed by atoms with Crippen molar-refractivity contribution in [3.8, 4) is 0 Å². The predicted molar refractivity (Wildman–Crippen MR) is 66.4 cm³/mol. The molecule has 0 aliphatic rings. The van der Waals surface area contributed by atoms with Crippen LogP contribution in [0.5, 0.6) is 0 Å². The molecule has 1 heterocycles. The lowest BCUT2D eigenvalue weighted by molar-refractivity contribution is 0.496. The van der Waals surface area contributed by atoms with Crippen molar-refractivity contribution in [2.24, 2.45) is 12.9 Å². The minimum atomic E-state index is -0.943. The van der Waals surface area contributed by atoms with E-state index < -0.39 is 17.7 Å². The molecule has 0 spiro atoms. The van der Waals surface area contributed by atoms with Crippen LogP contribution >= 0.6 is 15.9 Å². The van der Waals surface area contributed by atoms with Crippen LogP contribution in [0.4, 0.5) is 8.78 Å². The molecule has 1 unspecified atom stereocenters. The Morgan fingerprint density at radius 1 is 1.44 bits per heavy atom. The molecule has 4 nitrogen and oxygen atoms in total. The minimum absolute atomic E-state index is 0.0356. The van der Waals surface area contributed by atoms with Gasteiger partial charge in [0.1, 0.15) is 11.9 Å². The minimum Gasteiger partial charge on any atom is -0.336 e. The Morgan fingerprint density at radius 3 is 2.72 bits per heavy atom. The van der Waals surface area contributed by atoms with Gasteiger partial charge in [0.2, 0.25) is 0 Å². The zero-order valence-corrected chi connectivity index (χ0v) is 11.1. The second-order valence-electron chi connectivity index (χ2n) is 3.76. The van der Waals surface area contributed by atoms with Crippen molar-refractivity contribution in [2.45, 2.75) is 6.04 Å². The Labute approximate surface area is 111 Å². The Balaban J connectivity index is 2.53. The second-order valence-corrected chi connectivity index (χ2v) is 4.55. The van der Waals surface area contributed by atoms with E-state index in [2.05, 4.69) is 26.3 Å². The molecule has 0 saturated carbocycles. The first-order valence-corrected chi connectivity index (χ1v) is 5.92. The quantitative estimate of drug-likeness (QED) is 0.517. The molecule has 3 N–H and O–H groups in total. The first kappa shape index (κ1) is 13.1. The van der Waals surface area contributed by atoms with Crippen molar-refractivity contribution in [1.82, 2.24) is 15.0 Å². The van der Waals surface area contributed by atoms with Gasteiger partial charge in [-0.05, 0) is 27.6 Å². The lowest BCUT2D eigenvalue weighted by Crippen LogP contribution is -2.31. The van der Waals surface area contributed by atoms with E-state index in [0.29, 0.717) is 11.4 Å². The van der Waals surface area contributed by atoms with Gasteiger partial charge in [-0.2, -0.15) is 0 Å². The van der Waals surface area contributed by atoms with Crippen molar-refractivity contribution < 1.29 is 8.78 Å². The Bertz CT molecular complexity index is 570. The molecule has 0 aliphatic heterocycles. The fourth-order valence-electron chi connectivity index (χ4n) is 1.72. The number of nitrogens with one attached hydrogen (secondary N) is 1. The number of halogens is 3. The number of rotatable bonds is 3. The highest BCUT2D eigenvalue weighted by molar-refractivity contribution is 9.10. The van der Waals surface area contributed by atoms with Crippen molar-refractivity contribution in [3.63, 3.8) is 0 Å². The van der Waals surface area contributed by atoms with Crippen molar-refractivity contribution in [1.29, 1.82) is 0 Å². The molecule has 0 aliphatic carbocycles. The Hall–Kier alpha value is -1.31. The van der Waals surface area contributed by atoms with Gasteiger partial charge in [0.05, 0.1) is 4.47 Å². The van der Waals surface area contributed by atoms with E-state index in [1.165, 1.54) is 6.07 Å². The molecule has 7 heteroatoms. The molecule has 0 radical (unpaired) electrons. The van der Waals surface area contributed by atoms with E-state index in [1.807, 2.05) is 0 Å². The summed E-state index contributed by atoms with van der Waals surface area (Å²) in [5.74, 6) is 4.22. The molecule has 2 aromatic rings. The van der Waals surface area contributed by atoms with E-state index in [-0.39, 0.29) is 4.47 Å². The number of imidazole rings is 1. The number of aryl methyl sites for hydroxylation is 1. The van der Waals surface area contributed by atoms with Gasteiger partial charge in [0, 0.05) is 19.4 Å². The molecule has 0 amide bonds. The fourth-order valence-corrected chi connectivity index (χ4v) is 2.27. The smallest absolute Gasteiger partial charge is 0.173 e. The van der Waals surface area contributed by atoms with E-state index in [4.69, 9.17) is 5.84 Å². The van der Waals surface area contributed by atoms with Gasteiger partial charge in [0.15, 0.2) is 11.6 Å². The topological polar surface area (TPSA) is 55.9 Å². The molecule has 2 rings (SSSR count). The van der Waals surface area contributed by atoms with Gasteiger partial charge >= 0.3 is 0 Å². The van der Waals surface area contributed by atoms with Crippen LogP contribution in [0.25, 0.3) is 0 Å². The molecular weight excluding hydrogens is 306 g/mol. The number of nitrogens with zero attached hydrogens (tertiary/aromatic N) is 2. The summed E-state index contributed by atoms with van der Waals surface area (Å²) >= 11 is 3.03. The van der Waals surface area contributed by atoms with Crippen LogP contribution in [0.3, 0.4) is 0 Å². The molecule has 18 heavy (non-hydrogen) atoms. The van der Waals surface area contributed by atoms with Gasteiger partial charge in [-0.15, -0.1) is 0 Å². The molecular formula is C11H11BrF2N4. The third-order valence-electron chi connectivity index (χ3n) is 2.66. The summed E-state index contributed by atoms with van der Waals surface area (Å²) in [5.41, 5.74) is 3.02. The lowest BCUT2D eigenvalue weighted by Gasteiger charge is -2.18. The van der Waals surface area contributed by atoms with Gasteiger partial charge in [0.25, 0.3) is 0 Å². The van der Waals surface area contributed by atoms with E-state index >= 15 is 0 Å². The third kappa shape index (κ3) is 2.16. The van der Waals surface area contributed by atoms with Gasteiger partial charge in [-0.1, -0.05) is 6.07 Å². The molecule has 96 valence electrons. The summed E-state index contributed by atoms with van der Waals surface area (Å²) in [6, 6.07) is 1.99. The number of benzene rings is 1. The van der Waals surface area contributed by atoms with Crippen LogP contribution in [-0.4, -0.2) is 9.55 Å². The number of hydrazine groups is 1. The van der Waals surface area contributed by atoms with Crippen molar-refractivity contribution in [3.05, 3.63) is 52.0 Å². The van der Waals surface area contributed by atoms with Crippen molar-refractivity contribution >= 4 is 15.9 Å². The van der Waals surface area contributed by atoms with Crippen LogP contribution in [-0.2, 0) is 7.05 Å². The number of nitrogens with two attached hydrogens (primary N) is 1. The van der Waals surface area contributed by atoms with E-state index in [1.54, 1.807) is 24.0 Å². The van der Waals surface area contributed by atoms with Gasteiger partial charge in [-0.3, -0.25) is 5.84 Å². The average molecular weight is 317 g/mol. The summed E-state index contributed by atoms with van der Waals surface area (Å²) in [5, 5.41) is 0. The standard InChI is InChI=1S/C11H11BrF2N4/c1-18-5-4-16-11(18)10(17-15)6-2-3-7(13)9(14)8(6)12/h2-5,10,17H,15H2,1H3. The number of aromatic nitrogens is 2. The molecule has 0 saturated heterocycles. The second kappa shape index (κ2) is 5.13. The summed E-state index contributed by atoms with van der Waals surface area (Å²) in [4.78, 5) is 4.14. The first-order valence-electron chi connectivity index (χ1n) is 5.13. The highest BCUT2D eigenvalue weighted by atomic mass is 79.9. The molecule has 1 aromatic carbocycles. The first-order chi connectivity index (χ1) is 8.56. The summed E-state index contributed by atoms with van der Waals surface area (Å²) in [7, 11) is 1.79. The maximum Gasteiger partial charge on any atom is 0.173 e. The maximum absolute atomic E-state index is 13.5. The summed E-state index contributed by atoms with van der Waals surface area (Å²) in [6.07, 6.45) is 3.35. The zero-order valence-electron chi connectivity index (χ0n) is 9.49. The largest absolute Gasteiger partial charge is 0.336 e. The normalized spacial score (nSPS) is 12.7. The molecule has 1 atom stereocenters. The number of hydrogen-bond donors (Lipinski definition) is 2. The van der Waals surface area contributed by atoms with Gasteiger partial charge < -0.3 is 4.57 Å². The van der Waals surface area contributed by atoms with E-state index in [9.17, 15) is 8.78 Å². The maximum atomic E-state index is 13.5. The molecule has 0 bridgehead atoms. The van der Waals surface area contributed by atoms with E-state index in [0.717, 1.165) is 6.07 Å². The average Bonchev–Trinajstić information content (AvgIpc) is 2.77. The van der Waals surface area contributed by atoms with Crippen LogP contribution < -0.4 is 11.3 Å². The van der Waals surface area contributed by atoms with Crippen LogP contribution in [0.1, 0.15) is 17.4 Å². The molecule has 1 aromatic heterocycles. The SMILES string of the molecule is Cn1ccnc1C(NN)c1ccc(F)c(F)c1Br. The molecule has 0 fully saturated rings. The highest BCUT2D eigenvalue weighted by Gasteiger charge is 2.22. The zero-order chi connectivity index (χ0) is 13.3. The Kier molecular flexibility index (Phi) is 3.74. The van der Waals surface area contributed by atoms with Crippen molar-refractivity contribution in [2.75, 3.05) is 0 Å². The van der Waals surface area contributed by atoms with Crippen LogP contribution in [0.2, 0.25) is 0 Å². The fraction of sp³-hybridized carbons (Fsp3) is 0.182. The van der Waals surface area contributed by atoms with Gasteiger partial charge in [-0.25, -0.2) is 19.2 Å². The highest BCUT2D eigenvalue weighted by Crippen LogP contribution is 2.30. The third-order valence-corrected chi connectivity index (χ3v) is 3.47. The number of hydrogen-bond acceptors (Lipinski definition) is 3. The summed E-state index contributed by atoms with van der Waals surface area (Å²) in [6.45, 7) is 0. The van der Waals surface area contributed by atoms with Crippen LogP contribution in [0, 0.1) is 11.6 Å². The lowest BCUT2D eigenvalue weighted by atomic mass is 10.1. The monoisotopic (exact) mass is 316 g/mol.